The van der Waals surface area contributed by atoms with Gasteiger partial charge in [-0.1, -0.05) is 36.4 Å². The lowest BCUT2D eigenvalue weighted by Gasteiger charge is -2.00. The van der Waals surface area contributed by atoms with Crippen molar-refractivity contribution in [2.45, 2.75) is 6.42 Å². The molecule has 4 rings (SSSR count). The Balaban J connectivity index is 2.25. The second-order valence-electron chi connectivity index (χ2n) is 4.30. The summed E-state index contributed by atoms with van der Waals surface area (Å²) in [7, 11) is 0. The van der Waals surface area contributed by atoms with E-state index in [1.54, 1.807) is 5.56 Å². The number of hydrogen-bond donors (Lipinski definition) is 0. The Morgan fingerprint density at radius 3 is 2.40 bits per heavy atom. The fourth-order valence-corrected chi connectivity index (χ4v) is 2.42. The summed E-state index contributed by atoms with van der Waals surface area (Å²) in [5.74, 6) is 0. The fraction of sp³-hybridized carbons (Fsp3) is 0.0667. The monoisotopic (exact) mass is 190 g/mol. The van der Waals surface area contributed by atoms with Gasteiger partial charge in [-0.05, 0) is 51.2 Å². The van der Waals surface area contributed by atoms with Crippen LogP contribution in [0.4, 0.5) is 0 Å². The molecule has 0 N–H and O–H groups in total. The van der Waals surface area contributed by atoms with E-state index >= 15 is 0 Å². The Hall–Kier alpha value is -1.82. The lowest BCUT2D eigenvalue weighted by Crippen LogP contribution is -1.75. The summed E-state index contributed by atoms with van der Waals surface area (Å²) in [4.78, 5) is 0. The molecule has 0 radical (unpaired) electrons. The Morgan fingerprint density at radius 2 is 1.53 bits per heavy atom. The van der Waals surface area contributed by atoms with Crippen molar-refractivity contribution in [1.82, 2.24) is 0 Å². The van der Waals surface area contributed by atoms with Crippen molar-refractivity contribution in [1.29, 1.82) is 0 Å². The van der Waals surface area contributed by atoms with Crippen LogP contribution in [0.3, 0.4) is 0 Å². The number of rotatable bonds is 0. The first-order valence-electron chi connectivity index (χ1n) is 5.35. The molecule has 0 spiro atoms. The first-order chi connectivity index (χ1) is 7.42. The molecule has 0 atom stereocenters. The predicted molar refractivity (Wildman–Crippen MR) is 64.3 cm³/mol. The summed E-state index contributed by atoms with van der Waals surface area (Å²) in [5, 5.41) is 5.52. The first-order valence-corrected chi connectivity index (χ1v) is 5.35. The maximum atomic E-state index is 2.33. The summed E-state index contributed by atoms with van der Waals surface area (Å²) in [5.41, 5.74) is 3.08. The molecule has 3 aromatic rings. The molecule has 70 valence electrons. The maximum absolute atomic E-state index is 2.33. The van der Waals surface area contributed by atoms with E-state index in [4.69, 9.17) is 0 Å². The van der Waals surface area contributed by atoms with E-state index in [2.05, 4.69) is 48.5 Å². The highest BCUT2D eigenvalue weighted by molar-refractivity contribution is 6.01. The van der Waals surface area contributed by atoms with Crippen LogP contribution in [0.5, 0.6) is 0 Å². The fourth-order valence-electron chi connectivity index (χ4n) is 2.42. The van der Waals surface area contributed by atoms with Crippen molar-refractivity contribution in [3.63, 3.8) is 0 Å². The zero-order chi connectivity index (χ0) is 9.83. The van der Waals surface area contributed by atoms with Gasteiger partial charge in [-0.2, -0.15) is 0 Å². The molecule has 1 aliphatic rings. The molecule has 0 amide bonds. The molecular weight excluding hydrogens is 180 g/mol. The van der Waals surface area contributed by atoms with Crippen LogP contribution in [-0.4, -0.2) is 0 Å². The second-order valence-corrected chi connectivity index (χ2v) is 4.30. The lowest BCUT2D eigenvalue weighted by atomic mass is 10.0. The highest BCUT2D eigenvalue weighted by Gasteiger charge is 2.19. The molecule has 0 saturated heterocycles. The van der Waals surface area contributed by atoms with E-state index in [0.717, 1.165) is 0 Å². The lowest BCUT2D eigenvalue weighted by molar-refractivity contribution is 1.62. The van der Waals surface area contributed by atoms with Crippen molar-refractivity contribution in [2.75, 3.05) is 0 Å². The Kier molecular flexibility index (Phi) is 1.20. The normalized spacial score (nSPS) is 13.1. The van der Waals surface area contributed by atoms with Gasteiger partial charge in [0.15, 0.2) is 0 Å². The molecule has 0 aromatic heterocycles. The standard InChI is InChI=1S/C15H10/c1-2-4-11-8-14-12(7-10(11)3-1)5-6-13-9-15(13)14/h1-8H,9H2. The Bertz CT molecular complexity index is 693. The predicted octanol–water partition coefficient (Wildman–Crippen LogP) is 3.90. The molecule has 0 bridgehead atoms. The first kappa shape index (κ1) is 7.47. The Labute approximate surface area is 88.2 Å². The minimum atomic E-state index is 1.20. The molecule has 3 aromatic carbocycles. The van der Waals surface area contributed by atoms with E-state index in [1.807, 2.05) is 0 Å². The third-order valence-electron chi connectivity index (χ3n) is 3.34. The average Bonchev–Trinajstić information content (AvgIpc) is 3.06. The van der Waals surface area contributed by atoms with E-state index in [1.165, 1.54) is 33.5 Å². The highest BCUT2D eigenvalue weighted by Crippen LogP contribution is 2.36. The molecule has 0 saturated carbocycles. The van der Waals surface area contributed by atoms with Gasteiger partial charge in [-0.15, -0.1) is 0 Å². The summed E-state index contributed by atoms with van der Waals surface area (Å²) in [6.07, 6.45) is 1.20. The van der Waals surface area contributed by atoms with Crippen LogP contribution in [0.25, 0.3) is 21.5 Å². The number of benzene rings is 3. The largest absolute Gasteiger partial charge is 0.0616 e. The van der Waals surface area contributed by atoms with Crippen molar-refractivity contribution in [2.24, 2.45) is 0 Å². The molecule has 0 unspecified atom stereocenters. The second kappa shape index (κ2) is 2.40. The minimum Gasteiger partial charge on any atom is -0.0616 e. The average molecular weight is 190 g/mol. The van der Waals surface area contributed by atoms with Crippen LogP contribution in [0.1, 0.15) is 11.1 Å². The maximum Gasteiger partial charge on any atom is -0.00137 e. The Morgan fingerprint density at radius 1 is 0.733 bits per heavy atom. The van der Waals surface area contributed by atoms with Gasteiger partial charge < -0.3 is 0 Å². The summed E-state index contributed by atoms with van der Waals surface area (Å²) in [6, 6.07) is 17.7. The van der Waals surface area contributed by atoms with Gasteiger partial charge in [-0.3, -0.25) is 0 Å². The molecular formula is C15H10. The smallest absolute Gasteiger partial charge is 0.00137 e. The van der Waals surface area contributed by atoms with Gasteiger partial charge >= 0.3 is 0 Å². The molecule has 0 nitrogen and oxygen atoms in total. The zero-order valence-corrected chi connectivity index (χ0v) is 8.33. The number of fused-ring (bicyclic) bond motifs is 4. The van der Waals surface area contributed by atoms with E-state index in [-0.39, 0.29) is 0 Å². The third kappa shape index (κ3) is 0.964. The van der Waals surface area contributed by atoms with Crippen molar-refractivity contribution < 1.29 is 0 Å². The van der Waals surface area contributed by atoms with Gasteiger partial charge in [0, 0.05) is 0 Å². The highest BCUT2D eigenvalue weighted by atomic mass is 14.2. The molecule has 0 fully saturated rings. The van der Waals surface area contributed by atoms with Gasteiger partial charge in [0.05, 0.1) is 0 Å². The minimum absolute atomic E-state index is 1.20. The molecule has 15 heavy (non-hydrogen) atoms. The topological polar surface area (TPSA) is 0 Å². The SMILES string of the molecule is c1ccc2cc3c4c(ccc3cc2c1)C4. The summed E-state index contributed by atoms with van der Waals surface area (Å²) >= 11 is 0. The zero-order valence-electron chi connectivity index (χ0n) is 8.33. The van der Waals surface area contributed by atoms with Crippen LogP contribution in [0.2, 0.25) is 0 Å². The van der Waals surface area contributed by atoms with Gasteiger partial charge in [0.25, 0.3) is 0 Å². The molecule has 0 aliphatic heterocycles. The van der Waals surface area contributed by atoms with E-state index in [9.17, 15) is 0 Å². The molecule has 0 heteroatoms. The van der Waals surface area contributed by atoms with Crippen molar-refractivity contribution in [3.05, 3.63) is 59.7 Å². The van der Waals surface area contributed by atoms with Crippen LogP contribution < -0.4 is 0 Å². The van der Waals surface area contributed by atoms with Crippen molar-refractivity contribution in [3.8, 4) is 0 Å². The van der Waals surface area contributed by atoms with Crippen molar-refractivity contribution >= 4 is 21.5 Å². The van der Waals surface area contributed by atoms with Gasteiger partial charge in [0.1, 0.15) is 0 Å². The van der Waals surface area contributed by atoms with Gasteiger partial charge in [0.2, 0.25) is 0 Å². The van der Waals surface area contributed by atoms with Crippen LogP contribution in [0, 0.1) is 0 Å². The van der Waals surface area contributed by atoms with E-state index < -0.39 is 0 Å². The summed E-state index contributed by atoms with van der Waals surface area (Å²) in [6.45, 7) is 0. The quantitative estimate of drug-likeness (QED) is 0.369. The number of hydrogen-bond acceptors (Lipinski definition) is 0. The van der Waals surface area contributed by atoms with Gasteiger partial charge in [-0.25, -0.2) is 0 Å². The molecule has 0 heterocycles. The van der Waals surface area contributed by atoms with Crippen LogP contribution in [0.15, 0.2) is 48.5 Å². The van der Waals surface area contributed by atoms with Crippen LogP contribution in [-0.2, 0) is 6.42 Å². The summed E-state index contributed by atoms with van der Waals surface area (Å²) < 4.78 is 0. The van der Waals surface area contributed by atoms with Crippen LogP contribution >= 0.6 is 0 Å². The third-order valence-corrected chi connectivity index (χ3v) is 3.34. The molecule has 1 aliphatic carbocycles. The van der Waals surface area contributed by atoms with E-state index in [0.29, 0.717) is 0 Å².